The molecule has 0 radical (unpaired) electrons. The van der Waals surface area contributed by atoms with Crippen LogP contribution >= 0.6 is 0 Å². The smallest absolute Gasteiger partial charge is 0.240 e. The van der Waals surface area contributed by atoms with Crippen molar-refractivity contribution in [3.63, 3.8) is 0 Å². The van der Waals surface area contributed by atoms with Gasteiger partial charge in [0.2, 0.25) is 5.91 Å². The highest BCUT2D eigenvalue weighted by Crippen LogP contribution is 2.21. The zero-order valence-corrected chi connectivity index (χ0v) is 22.1. The van der Waals surface area contributed by atoms with Crippen LogP contribution in [0.3, 0.4) is 0 Å². The summed E-state index contributed by atoms with van der Waals surface area (Å²) in [4.78, 5) is 19.8. The number of hydrogen-bond donors (Lipinski definition) is 1. The van der Waals surface area contributed by atoms with Crippen molar-refractivity contribution in [2.75, 3.05) is 19.8 Å². The molecule has 1 amide bonds. The van der Waals surface area contributed by atoms with Gasteiger partial charge < -0.3 is 24.8 Å². The molecular formula is C29H39N3O4. The summed E-state index contributed by atoms with van der Waals surface area (Å²) in [5.41, 5.74) is 9.04. The van der Waals surface area contributed by atoms with Crippen molar-refractivity contribution in [1.82, 2.24) is 9.88 Å². The zero-order valence-electron chi connectivity index (χ0n) is 22.1. The molecule has 3 aromatic rings. The third kappa shape index (κ3) is 8.01. The number of hydrogen-bond acceptors (Lipinski definition) is 6. The van der Waals surface area contributed by atoms with E-state index in [1.165, 1.54) is 0 Å². The van der Waals surface area contributed by atoms with Crippen LogP contribution < -0.4 is 10.5 Å². The van der Waals surface area contributed by atoms with Crippen LogP contribution in [-0.4, -0.2) is 53.5 Å². The number of pyridine rings is 1. The molecule has 1 atom stereocenters. The Morgan fingerprint density at radius 3 is 2.31 bits per heavy atom. The zero-order chi connectivity index (χ0) is 26.1. The first-order valence-corrected chi connectivity index (χ1v) is 12.6. The third-order valence-corrected chi connectivity index (χ3v) is 5.61. The van der Waals surface area contributed by atoms with Crippen LogP contribution in [0, 0.1) is 0 Å². The van der Waals surface area contributed by atoms with Crippen molar-refractivity contribution in [1.29, 1.82) is 0 Å². The lowest BCUT2D eigenvalue weighted by Gasteiger charge is -2.30. The summed E-state index contributed by atoms with van der Waals surface area (Å²) in [5.74, 6) is 0.629. The first-order valence-electron chi connectivity index (χ1n) is 12.6. The molecule has 0 fully saturated rings. The van der Waals surface area contributed by atoms with Crippen molar-refractivity contribution in [3.05, 3.63) is 71.9 Å². The minimum Gasteiger partial charge on any atom is -0.488 e. The first-order chi connectivity index (χ1) is 17.2. The van der Waals surface area contributed by atoms with Crippen molar-refractivity contribution in [3.8, 4) is 5.75 Å². The monoisotopic (exact) mass is 493 g/mol. The first kappa shape index (κ1) is 27.6. The number of rotatable bonds is 12. The van der Waals surface area contributed by atoms with E-state index in [4.69, 9.17) is 19.9 Å². The fourth-order valence-electron chi connectivity index (χ4n) is 4.06. The minimum atomic E-state index is -0.712. The molecule has 194 valence electrons. The molecule has 0 aliphatic carbocycles. The van der Waals surface area contributed by atoms with Crippen molar-refractivity contribution < 1.29 is 19.0 Å². The number of benzene rings is 2. The van der Waals surface area contributed by atoms with Gasteiger partial charge in [0.1, 0.15) is 11.4 Å². The molecule has 2 N–H and O–H groups in total. The lowest BCUT2D eigenvalue weighted by atomic mass is 10.0. The van der Waals surface area contributed by atoms with Gasteiger partial charge >= 0.3 is 0 Å². The molecule has 1 aromatic heterocycles. The summed E-state index contributed by atoms with van der Waals surface area (Å²) in [7, 11) is 0. The second-order valence-electron chi connectivity index (χ2n) is 9.72. The number of nitrogens with zero attached hydrogens (tertiary/aromatic N) is 2. The third-order valence-electron chi connectivity index (χ3n) is 5.61. The molecule has 1 unspecified atom stereocenters. The minimum absolute atomic E-state index is 0.157. The van der Waals surface area contributed by atoms with Gasteiger partial charge in [-0.2, -0.15) is 0 Å². The molecule has 0 saturated carbocycles. The van der Waals surface area contributed by atoms with Gasteiger partial charge in [-0.05, 0) is 76.4 Å². The molecule has 1 heterocycles. The number of carbonyl (C=O) groups excluding carboxylic acids is 1. The highest BCUT2D eigenvalue weighted by atomic mass is 16.7. The van der Waals surface area contributed by atoms with Gasteiger partial charge in [-0.15, -0.1) is 0 Å². The normalized spacial score (nSPS) is 12.6. The molecule has 7 heteroatoms. The Bertz CT molecular complexity index is 1100. The van der Waals surface area contributed by atoms with E-state index in [2.05, 4.69) is 4.98 Å². The molecule has 0 bridgehead atoms. The SMILES string of the molecule is CCOC(CN(Cc1ccnc2ccccc12)C(=O)C(N)Cc1ccc(OC(C)(C)C)cc1)OCC. The molecule has 0 aliphatic rings. The summed E-state index contributed by atoms with van der Waals surface area (Å²) < 4.78 is 17.4. The van der Waals surface area contributed by atoms with E-state index < -0.39 is 12.3 Å². The summed E-state index contributed by atoms with van der Waals surface area (Å²) in [6.07, 6.45) is 1.65. The fourth-order valence-corrected chi connectivity index (χ4v) is 4.06. The number of aromatic nitrogens is 1. The Labute approximate surface area is 214 Å². The van der Waals surface area contributed by atoms with Crippen LogP contribution in [0.1, 0.15) is 45.7 Å². The van der Waals surface area contributed by atoms with E-state index in [1.54, 1.807) is 11.1 Å². The number of ether oxygens (including phenoxy) is 3. The Balaban J connectivity index is 1.80. The quantitative estimate of drug-likeness (QED) is 0.368. The van der Waals surface area contributed by atoms with Crippen molar-refractivity contribution in [2.45, 2.75) is 65.5 Å². The number of carbonyl (C=O) groups is 1. The van der Waals surface area contributed by atoms with Crippen LogP contribution in [0.15, 0.2) is 60.8 Å². The van der Waals surface area contributed by atoms with E-state index in [0.717, 1.165) is 27.8 Å². The van der Waals surface area contributed by atoms with Crippen molar-refractivity contribution in [2.24, 2.45) is 5.73 Å². The van der Waals surface area contributed by atoms with Gasteiger partial charge in [-0.1, -0.05) is 30.3 Å². The standard InChI is InChI=1S/C29H39N3O4/c1-6-34-27(35-7-2)20-32(19-22-16-17-31-26-11-9-8-10-24(22)26)28(33)25(30)18-21-12-14-23(15-13-21)36-29(3,4)5/h8-17,25,27H,6-7,18-20,30H2,1-5H3. The van der Waals surface area contributed by atoms with E-state index in [0.29, 0.717) is 26.2 Å². The highest BCUT2D eigenvalue weighted by Gasteiger charge is 2.26. The van der Waals surface area contributed by atoms with Crippen molar-refractivity contribution >= 4 is 16.8 Å². The molecule has 0 aliphatic heterocycles. The van der Waals surface area contributed by atoms with Crippen LogP contribution in [0.2, 0.25) is 0 Å². The Morgan fingerprint density at radius 2 is 1.67 bits per heavy atom. The van der Waals surface area contributed by atoms with E-state index >= 15 is 0 Å². The number of para-hydroxylation sites is 1. The Morgan fingerprint density at radius 1 is 1.00 bits per heavy atom. The average Bonchev–Trinajstić information content (AvgIpc) is 2.84. The van der Waals surface area contributed by atoms with Gasteiger partial charge in [-0.3, -0.25) is 9.78 Å². The molecular weight excluding hydrogens is 454 g/mol. The number of nitrogens with two attached hydrogens (primary N) is 1. The Kier molecular flexibility index (Phi) is 9.81. The molecule has 2 aromatic carbocycles. The summed E-state index contributed by atoms with van der Waals surface area (Å²) in [6, 6.07) is 16.9. The van der Waals surface area contributed by atoms with E-state index in [9.17, 15) is 4.79 Å². The lowest BCUT2D eigenvalue weighted by molar-refractivity contribution is -0.160. The van der Waals surface area contributed by atoms with Crippen LogP contribution in [0.25, 0.3) is 10.9 Å². The van der Waals surface area contributed by atoms with Gasteiger partial charge in [0, 0.05) is 31.3 Å². The van der Waals surface area contributed by atoms with Gasteiger partial charge in [0.25, 0.3) is 0 Å². The summed E-state index contributed by atoms with van der Waals surface area (Å²) >= 11 is 0. The second-order valence-corrected chi connectivity index (χ2v) is 9.72. The lowest BCUT2D eigenvalue weighted by Crippen LogP contribution is -2.48. The van der Waals surface area contributed by atoms with E-state index in [-0.39, 0.29) is 18.1 Å². The molecule has 36 heavy (non-hydrogen) atoms. The summed E-state index contributed by atoms with van der Waals surface area (Å²) in [6.45, 7) is 11.5. The molecule has 0 saturated heterocycles. The molecule has 3 rings (SSSR count). The largest absolute Gasteiger partial charge is 0.488 e. The van der Waals surface area contributed by atoms with Crippen LogP contribution in [0.5, 0.6) is 5.75 Å². The van der Waals surface area contributed by atoms with Crippen LogP contribution in [0.4, 0.5) is 0 Å². The molecule has 0 spiro atoms. The highest BCUT2D eigenvalue weighted by molar-refractivity contribution is 5.84. The fraction of sp³-hybridized carbons (Fsp3) is 0.448. The number of amides is 1. The number of fused-ring (bicyclic) bond motifs is 1. The van der Waals surface area contributed by atoms with Gasteiger partial charge in [-0.25, -0.2) is 0 Å². The molecule has 7 nitrogen and oxygen atoms in total. The summed E-state index contributed by atoms with van der Waals surface area (Å²) in [5, 5.41) is 1.00. The Hall–Kier alpha value is -3.00. The maximum absolute atomic E-state index is 13.6. The van der Waals surface area contributed by atoms with E-state index in [1.807, 2.05) is 89.2 Å². The van der Waals surface area contributed by atoms with Gasteiger partial charge in [0.05, 0.1) is 18.1 Å². The topological polar surface area (TPSA) is 86.9 Å². The second kappa shape index (κ2) is 12.8. The average molecular weight is 494 g/mol. The maximum Gasteiger partial charge on any atom is 0.240 e. The maximum atomic E-state index is 13.6. The van der Waals surface area contributed by atoms with Crippen LogP contribution in [-0.2, 0) is 27.2 Å². The van der Waals surface area contributed by atoms with Gasteiger partial charge in [0.15, 0.2) is 6.29 Å². The predicted molar refractivity (Wildman–Crippen MR) is 143 cm³/mol. The predicted octanol–water partition coefficient (Wildman–Crippen LogP) is 4.71.